The molecule has 0 bridgehead atoms. The van der Waals surface area contributed by atoms with Gasteiger partial charge in [-0.15, -0.1) is 11.3 Å². The lowest BCUT2D eigenvalue weighted by Gasteiger charge is -2.22. The summed E-state index contributed by atoms with van der Waals surface area (Å²) < 4.78 is 1.19. The maximum Gasteiger partial charge on any atom is 0.253 e. The largest absolute Gasteiger partial charge is 0.339 e. The number of rotatable bonds is 7. The minimum atomic E-state index is -0.0455. The number of amides is 2. The SMILES string of the molecule is CCN(CC)C(=O)c1ccc(NC(=O)CN2CCC[C@@H]2c2nc3ccccc3s2)cc1. The molecule has 0 unspecified atom stereocenters. The number of para-hydroxylation sites is 1. The third-order valence-electron chi connectivity index (χ3n) is 5.77. The van der Waals surface area contributed by atoms with Gasteiger partial charge in [-0.2, -0.15) is 0 Å². The molecule has 2 aromatic carbocycles. The Morgan fingerprint density at radius 1 is 1.13 bits per heavy atom. The highest BCUT2D eigenvalue weighted by Crippen LogP contribution is 2.36. The van der Waals surface area contributed by atoms with Crippen LogP contribution in [-0.2, 0) is 4.79 Å². The van der Waals surface area contributed by atoms with E-state index in [1.54, 1.807) is 40.5 Å². The molecule has 1 aromatic heterocycles. The van der Waals surface area contributed by atoms with Crippen LogP contribution in [0.2, 0.25) is 0 Å². The molecule has 2 heterocycles. The number of carbonyl (C=O) groups is 2. The number of aromatic nitrogens is 1. The second-order valence-electron chi connectivity index (χ2n) is 7.75. The molecule has 4 rings (SSSR count). The summed E-state index contributed by atoms with van der Waals surface area (Å²) in [6.07, 6.45) is 2.09. The first-order valence-electron chi connectivity index (χ1n) is 10.9. The van der Waals surface area contributed by atoms with Gasteiger partial charge in [0.2, 0.25) is 5.91 Å². The topological polar surface area (TPSA) is 65.5 Å². The van der Waals surface area contributed by atoms with E-state index in [9.17, 15) is 9.59 Å². The van der Waals surface area contributed by atoms with E-state index in [2.05, 4.69) is 16.3 Å². The summed E-state index contributed by atoms with van der Waals surface area (Å²) in [4.78, 5) is 33.9. The lowest BCUT2D eigenvalue weighted by Crippen LogP contribution is -2.33. The van der Waals surface area contributed by atoms with Crippen LogP contribution >= 0.6 is 11.3 Å². The van der Waals surface area contributed by atoms with Crippen LogP contribution in [0.3, 0.4) is 0 Å². The Labute approximate surface area is 186 Å². The summed E-state index contributed by atoms with van der Waals surface area (Å²) >= 11 is 1.72. The number of carbonyl (C=O) groups excluding carboxylic acids is 2. The van der Waals surface area contributed by atoms with Crippen molar-refractivity contribution in [1.82, 2.24) is 14.8 Å². The van der Waals surface area contributed by atoms with Crippen LogP contribution in [0.15, 0.2) is 48.5 Å². The number of likely N-dealkylation sites (tertiary alicyclic amines) is 1. The summed E-state index contributed by atoms with van der Waals surface area (Å²) in [7, 11) is 0. The van der Waals surface area contributed by atoms with Crippen LogP contribution in [0.4, 0.5) is 5.69 Å². The molecule has 1 atom stereocenters. The molecule has 0 spiro atoms. The molecule has 1 fully saturated rings. The summed E-state index contributed by atoms with van der Waals surface area (Å²) in [5.41, 5.74) is 2.37. The first-order valence-corrected chi connectivity index (χ1v) is 11.7. The van der Waals surface area contributed by atoms with Gasteiger partial charge < -0.3 is 10.2 Å². The first kappa shape index (κ1) is 21.5. The van der Waals surface area contributed by atoms with Gasteiger partial charge in [0.05, 0.1) is 22.8 Å². The Kier molecular flexibility index (Phi) is 6.63. The molecule has 7 heteroatoms. The predicted octanol–water partition coefficient (Wildman–Crippen LogP) is 4.55. The van der Waals surface area contributed by atoms with Crippen molar-refractivity contribution in [2.45, 2.75) is 32.7 Å². The highest BCUT2D eigenvalue weighted by Gasteiger charge is 2.30. The lowest BCUT2D eigenvalue weighted by molar-refractivity contribution is -0.117. The number of nitrogens with one attached hydrogen (secondary N) is 1. The maximum atomic E-state index is 12.7. The van der Waals surface area contributed by atoms with Crippen molar-refractivity contribution in [2.24, 2.45) is 0 Å². The number of fused-ring (bicyclic) bond motifs is 1. The zero-order valence-corrected chi connectivity index (χ0v) is 18.8. The molecule has 6 nitrogen and oxygen atoms in total. The third kappa shape index (κ3) is 4.78. The van der Waals surface area contributed by atoms with Crippen LogP contribution in [0.1, 0.15) is 48.1 Å². The minimum absolute atomic E-state index is 0.0126. The number of benzene rings is 2. The highest BCUT2D eigenvalue weighted by atomic mass is 32.1. The van der Waals surface area contributed by atoms with E-state index < -0.39 is 0 Å². The molecular formula is C24H28N4O2S. The van der Waals surface area contributed by atoms with Crippen molar-refractivity contribution in [1.29, 1.82) is 0 Å². The molecule has 162 valence electrons. The van der Waals surface area contributed by atoms with E-state index >= 15 is 0 Å². The number of anilines is 1. The zero-order valence-electron chi connectivity index (χ0n) is 18.0. The molecule has 1 N–H and O–H groups in total. The lowest BCUT2D eigenvalue weighted by atomic mass is 10.1. The summed E-state index contributed by atoms with van der Waals surface area (Å²) in [6, 6.07) is 15.5. The fraction of sp³-hybridized carbons (Fsp3) is 0.375. The second kappa shape index (κ2) is 9.58. The van der Waals surface area contributed by atoms with Crippen LogP contribution in [0.25, 0.3) is 10.2 Å². The predicted molar refractivity (Wildman–Crippen MR) is 125 cm³/mol. The van der Waals surface area contributed by atoms with Gasteiger partial charge in [0, 0.05) is 24.3 Å². The Bertz CT molecular complexity index is 1030. The molecule has 31 heavy (non-hydrogen) atoms. The van der Waals surface area contributed by atoms with E-state index in [1.807, 2.05) is 32.0 Å². The van der Waals surface area contributed by atoms with Crippen molar-refractivity contribution >= 4 is 39.1 Å². The second-order valence-corrected chi connectivity index (χ2v) is 8.81. The normalized spacial score (nSPS) is 16.5. The number of hydrogen-bond acceptors (Lipinski definition) is 5. The van der Waals surface area contributed by atoms with Crippen LogP contribution in [0, 0.1) is 0 Å². The van der Waals surface area contributed by atoms with Crippen molar-refractivity contribution in [3.8, 4) is 0 Å². The van der Waals surface area contributed by atoms with Crippen LogP contribution < -0.4 is 5.32 Å². The standard InChI is InChI=1S/C24H28N4O2S/c1-3-27(4-2)24(30)17-11-13-18(14-12-17)25-22(29)16-28-15-7-9-20(28)23-26-19-8-5-6-10-21(19)31-23/h5-6,8,10-14,20H,3-4,7,9,15-16H2,1-2H3,(H,25,29)/t20-/m1/s1. The van der Waals surface area contributed by atoms with E-state index in [0.29, 0.717) is 30.9 Å². The molecule has 0 saturated carbocycles. The average molecular weight is 437 g/mol. The summed E-state index contributed by atoms with van der Waals surface area (Å²) in [5.74, 6) is -0.0329. The van der Waals surface area contributed by atoms with Gasteiger partial charge in [0.1, 0.15) is 5.01 Å². The molecule has 3 aromatic rings. The van der Waals surface area contributed by atoms with E-state index in [0.717, 1.165) is 29.9 Å². The Morgan fingerprint density at radius 3 is 2.58 bits per heavy atom. The van der Waals surface area contributed by atoms with Gasteiger partial charge >= 0.3 is 0 Å². The summed E-state index contributed by atoms with van der Waals surface area (Å²) in [5, 5.41) is 4.06. The number of thiazole rings is 1. The van der Waals surface area contributed by atoms with Crippen molar-refractivity contribution in [3.63, 3.8) is 0 Å². The van der Waals surface area contributed by atoms with Crippen molar-refractivity contribution < 1.29 is 9.59 Å². The molecule has 2 amide bonds. The molecule has 1 saturated heterocycles. The maximum absolute atomic E-state index is 12.7. The van der Waals surface area contributed by atoms with E-state index in [-0.39, 0.29) is 17.9 Å². The van der Waals surface area contributed by atoms with E-state index in [1.165, 1.54) is 4.70 Å². The van der Waals surface area contributed by atoms with Gasteiger partial charge in [-0.3, -0.25) is 14.5 Å². The number of nitrogens with zero attached hydrogens (tertiary/aromatic N) is 3. The molecular weight excluding hydrogens is 408 g/mol. The van der Waals surface area contributed by atoms with Gasteiger partial charge in [-0.1, -0.05) is 12.1 Å². The van der Waals surface area contributed by atoms with Gasteiger partial charge in [0.15, 0.2) is 0 Å². The van der Waals surface area contributed by atoms with Gasteiger partial charge in [-0.05, 0) is 69.6 Å². The monoisotopic (exact) mass is 436 g/mol. The average Bonchev–Trinajstić information content (AvgIpc) is 3.41. The van der Waals surface area contributed by atoms with Gasteiger partial charge in [-0.25, -0.2) is 4.98 Å². The van der Waals surface area contributed by atoms with E-state index in [4.69, 9.17) is 4.98 Å². The molecule has 1 aliphatic rings. The fourth-order valence-corrected chi connectivity index (χ4v) is 5.24. The highest BCUT2D eigenvalue weighted by molar-refractivity contribution is 7.18. The number of hydrogen-bond donors (Lipinski definition) is 1. The Morgan fingerprint density at radius 2 is 1.87 bits per heavy atom. The minimum Gasteiger partial charge on any atom is -0.339 e. The Hall–Kier alpha value is -2.77. The van der Waals surface area contributed by atoms with Crippen LogP contribution in [0.5, 0.6) is 0 Å². The van der Waals surface area contributed by atoms with Crippen LogP contribution in [-0.4, -0.2) is 52.8 Å². The third-order valence-corrected chi connectivity index (χ3v) is 6.91. The molecule has 1 aliphatic heterocycles. The smallest absolute Gasteiger partial charge is 0.253 e. The first-order chi connectivity index (χ1) is 15.1. The molecule has 0 aliphatic carbocycles. The van der Waals surface area contributed by atoms with Crippen molar-refractivity contribution in [3.05, 3.63) is 59.1 Å². The zero-order chi connectivity index (χ0) is 21.8. The summed E-state index contributed by atoms with van der Waals surface area (Å²) in [6.45, 7) is 6.52. The van der Waals surface area contributed by atoms with Crippen molar-refractivity contribution in [2.75, 3.05) is 31.5 Å². The molecule has 0 radical (unpaired) electrons. The quantitative estimate of drug-likeness (QED) is 0.590. The Balaban J connectivity index is 1.38. The fourth-order valence-electron chi connectivity index (χ4n) is 4.10. The van der Waals surface area contributed by atoms with Gasteiger partial charge in [0.25, 0.3) is 5.91 Å².